The molecule has 17 heavy (non-hydrogen) atoms. The second-order valence-corrected chi connectivity index (χ2v) is 3.72. The minimum Gasteiger partial charge on any atom is -0.346 e. The maximum absolute atomic E-state index is 10.9. The highest BCUT2D eigenvalue weighted by atomic mass is 16.6. The summed E-state index contributed by atoms with van der Waals surface area (Å²) in [5.41, 5.74) is 7.38. The summed E-state index contributed by atoms with van der Waals surface area (Å²) >= 11 is 0. The first-order valence-electron chi connectivity index (χ1n) is 5.28. The SMILES string of the molecule is NCc1cccn1Cc1ccccc1[N+](=O)[O-]. The predicted octanol–water partition coefficient (Wildman–Crippen LogP) is 1.90. The molecule has 0 saturated carbocycles. The van der Waals surface area contributed by atoms with Gasteiger partial charge in [-0.3, -0.25) is 10.1 Å². The van der Waals surface area contributed by atoms with Crippen LogP contribution in [0.3, 0.4) is 0 Å². The van der Waals surface area contributed by atoms with E-state index in [-0.39, 0.29) is 10.6 Å². The third-order valence-electron chi connectivity index (χ3n) is 2.66. The van der Waals surface area contributed by atoms with Gasteiger partial charge in [0, 0.05) is 30.1 Å². The highest BCUT2D eigenvalue weighted by Crippen LogP contribution is 2.19. The highest BCUT2D eigenvalue weighted by Gasteiger charge is 2.12. The van der Waals surface area contributed by atoms with Crippen molar-refractivity contribution in [2.75, 3.05) is 0 Å². The molecule has 0 amide bonds. The number of nitrogens with two attached hydrogens (primary N) is 1. The molecule has 0 aliphatic rings. The zero-order valence-electron chi connectivity index (χ0n) is 9.24. The lowest BCUT2D eigenvalue weighted by Gasteiger charge is -2.08. The van der Waals surface area contributed by atoms with Crippen LogP contribution in [-0.4, -0.2) is 9.49 Å². The summed E-state index contributed by atoms with van der Waals surface area (Å²) in [7, 11) is 0. The van der Waals surface area contributed by atoms with Crippen LogP contribution < -0.4 is 5.73 Å². The molecule has 0 unspecified atom stereocenters. The molecule has 0 bridgehead atoms. The molecule has 5 nitrogen and oxygen atoms in total. The summed E-state index contributed by atoms with van der Waals surface area (Å²) in [6.07, 6.45) is 1.87. The largest absolute Gasteiger partial charge is 0.346 e. The van der Waals surface area contributed by atoms with Gasteiger partial charge in [-0.1, -0.05) is 18.2 Å². The van der Waals surface area contributed by atoms with E-state index in [1.54, 1.807) is 18.2 Å². The van der Waals surface area contributed by atoms with E-state index in [0.717, 1.165) is 5.69 Å². The van der Waals surface area contributed by atoms with E-state index in [9.17, 15) is 10.1 Å². The molecule has 0 radical (unpaired) electrons. The number of nitro benzene ring substituents is 1. The first-order valence-corrected chi connectivity index (χ1v) is 5.28. The van der Waals surface area contributed by atoms with Gasteiger partial charge in [-0.15, -0.1) is 0 Å². The molecule has 2 aromatic rings. The van der Waals surface area contributed by atoms with E-state index < -0.39 is 0 Å². The summed E-state index contributed by atoms with van der Waals surface area (Å²) in [5, 5.41) is 10.9. The molecule has 2 N–H and O–H groups in total. The third-order valence-corrected chi connectivity index (χ3v) is 2.66. The third kappa shape index (κ3) is 2.34. The second-order valence-electron chi connectivity index (χ2n) is 3.72. The molecule has 0 atom stereocenters. The minimum atomic E-state index is -0.360. The van der Waals surface area contributed by atoms with Gasteiger partial charge >= 0.3 is 0 Å². The van der Waals surface area contributed by atoms with E-state index in [2.05, 4.69) is 0 Å². The molecular weight excluding hydrogens is 218 g/mol. The average Bonchev–Trinajstić information content (AvgIpc) is 2.77. The number of benzene rings is 1. The Hall–Kier alpha value is -2.14. The van der Waals surface area contributed by atoms with Crippen LogP contribution in [0.15, 0.2) is 42.6 Å². The van der Waals surface area contributed by atoms with Crippen LogP contribution >= 0.6 is 0 Å². The summed E-state index contributed by atoms with van der Waals surface area (Å²) in [6.45, 7) is 0.893. The number of hydrogen-bond acceptors (Lipinski definition) is 3. The topological polar surface area (TPSA) is 74.1 Å². The maximum atomic E-state index is 10.9. The normalized spacial score (nSPS) is 10.4. The van der Waals surface area contributed by atoms with Gasteiger partial charge in [0.05, 0.1) is 11.5 Å². The van der Waals surface area contributed by atoms with Gasteiger partial charge < -0.3 is 10.3 Å². The fraction of sp³-hybridized carbons (Fsp3) is 0.167. The molecule has 0 saturated heterocycles. The lowest BCUT2D eigenvalue weighted by molar-refractivity contribution is -0.385. The zero-order valence-corrected chi connectivity index (χ0v) is 9.24. The molecule has 0 fully saturated rings. The summed E-state index contributed by atoms with van der Waals surface area (Å²) in [5.74, 6) is 0. The summed E-state index contributed by atoms with van der Waals surface area (Å²) in [6, 6.07) is 10.5. The van der Waals surface area contributed by atoms with Crippen LogP contribution in [0.1, 0.15) is 11.3 Å². The molecule has 0 spiro atoms. The molecule has 1 aromatic heterocycles. The van der Waals surface area contributed by atoms with Crippen LogP contribution in [0, 0.1) is 10.1 Å². The maximum Gasteiger partial charge on any atom is 0.274 e. The lowest BCUT2D eigenvalue weighted by atomic mass is 10.2. The van der Waals surface area contributed by atoms with Crippen molar-refractivity contribution in [2.24, 2.45) is 5.73 Å². The van der Waals surface area contributed by atoms with Crippen LogP contribution in [0.4, 0.5) is 5.69 Å². The summed E-state index contributed by atoms with van der Waals surface area (Å²) < 4.78 is 1.92. The van der Waals surface area contributed by atoms with Crippen molar-refractivity contribution in [1.82, 2.24) is 4.57 Å². The average molecular weight is 231 g/mol. The van der Waals surface area contributed by atoms with E-state index in [1.165, 1.54) is 6.07 Å². The zero-order chi connectivity index (χ0) is 12.3. The Balaban J connectivity index is 2.33. The number of rotatable bonds is 4. The van der Waals surface area contributed by atoms with E-state index in [4.69, 9.17) is 5.73 Å². The van der Waals surface area contributed by atoms with Crippen LogP contribution in [0.25, 0.3) is 0 Å². The molecule has 1 aromatic carbocycles. The quantitative estimate of drug-likeness (QED) is 0.645. The van der Waals surface area contributed by atoms with Crippen molar-refractivity contribution in [2.45, 2.75) is 13.1 Å². The van der Waals surface area contributed by atoms with Crippen molar-refractivity contribution in [3.8, 4) is 0 Å². The summed E-state index contributed by atoms with van der Waals surface area (Å²) in [4.78, 5) is 10.5. The fourth-order valence-corrected chi connectivity index (χ4v) is 1.80. The lowest BCUT2D eigenvalue weighted by Crippen LogP contribution is -2.08. The molecule has 88 valence electrons. The standard InChI is InChI=1S/C12H13N3O2/c13-8-11-5-3-7-14(11)9-10-4-1-2-6-12(10)15(16)17/h1-7H,8-9,13H2. The van der Waals surface area contributed by atoms with Gasteiger partial charge in [0.1, 0.15) is 0 Å². The van der Waals surface area contributed by atoms with Crippen molar-refractivity contribution < 1.29 is 4.92 Å². The van der Waals surface area contributed by atoms with Gasteiger partial charge in [0.25, 0.3) is 5.69 Å². The number of nitro groups is 1. The van der Waals surface area contributed by atoms with Gasteiger partial charge in [-0.05, 0) is 12.1 Å². The molecule has 0 aliphatic carbocycles. The monoisotopic (exact) mass is 231 g/mol. The van der Waals surface area contributed by atoms with Gasteiger partial charge in [-0.2, -0.15) is 0 Å². The molecule has 1 heterocycles. The predicted molar refractivity (Wildman–Crippen MR) is 64.5 cm³/mol. The van der Waals surface area contributed by atoms with E-state index in [1.807, 2.05) is 22.9 Å². The molecular formula is C12H13N3O2. The Kier molecular flexibility index (Phi) is 3.20. The highest BCUT2D eigenvalue weighted by molar-refractivity contribution is 5.40. The Bertz CT molecular complexity index is 534. The fourth-order valence-electron chi connectivity index (χ4n) is 1.80. The Morgan fingerprint density at radius 2 is 2.00 bits per heavy atom. The Labute approximate surface area is 98.6 Å². The number of hydrogen-bond donors (Lipinski definition) is 1. The molecule has 0 aliphatic heterocycles. The van der Waals surface area contributed by atoms with Gasteiger partial charge in [0.15, 0.2) is 0 Å². The van der Waals surface area contributed by atoms with Crippen LogP contribution in [0.2, 0.25) is 0 Å². The van der Waals surface area contributed by atoms with E-state index >= 15 is 0 Å². The smallest absolute Gasteiger partial charge is 0.274 e. The minimum absolute atomic E-state index is 0.143. The van der Waals surface area contributed by atoms with Crippen molar-refractivity contribution in [1.29, 1.82) is 0 Å². The number of para-hydroxylation sites is 1. The Morgan fingerprint density at radius 3 is 2.71 bits per heavy atom. The van der Waals surface area contributed by atoms with E-state index in [0.29, 0.717) is 18.7 Å². The molecule has 5 heteroatoms. The number of aromatic nitrogens is 1. The van der Waals surface area contributed by atoms with Gasteiger partial charge in [-0.25, -0.2) is 0 Å². The van der Waals surface area contributed by atoms with Crippen LogP contribution in [0.5, 0.6) is 0 Å². The van der Waals surface area contributed by atoms with Gasteiger partial charge in [0.2, 0.25) is 0 Å². The van der Waals surface area contributed by atoms with Crippen molar-refractivity contribution >= 4 is 5.69 Å². The van der Waals surface area contributed by atoms with Crippen LogP contribution in [-0.2, 0) is 13.1 Å². The molecule has 2 rings (SSSR count). The first kappa shape index (κ1) is 11.3. The number of nitrogens with zero attached hydrogens (tertiary/aromatic N) is 2. The van der Waals surface area contributed by atoms with Crippen molar-refractivity contribution in [3.05, 3.63) is 64.0 Å². The first-order chi connectivity index (χ1) is 8.22. The Morgan fingerprint density at radius 1 is 1.24 bits per heavy atom. The second kappa shape index (κ2) is 4.80. The van der Waals surface area contributed by atoms with Crippen molar-refractivity contribution in [3.63, 3.8) is 0 Å².